The smallest absolute Gasteiger partial charge is 0.262 e. The molecule has 7 nitrogen and oxygen atoms in total. The molecule has 0 aliphatic rings. The number of benzene rings is 4. The van der Waals surface area contributed by atoms with Crippen LogP contribution in [0.2, 0.25) is 0 Å². The highest BCUT2D eigenvalue weighted by Gasteiger charge is 2.23. The van der Waals surface area contributed by atoms with Gasteiger partial charge >= 0.3 is 0 Å². The van der Waals surface area contributed by atoms with Crippen LogP contribution in [0.4, 0.5) is 11.4 Å². The Morgan fingerprint density at radius 3 is 1.73 bits per heavy atom. The molecule has 0 atom stereocenters. The maximum absolute atomic E-state index is 12.9. The maximum Gasteiger partial charge on any atom is 0.262 e. The Balaban J connectivity index is 1.44. The molecule has 0 spiro atoms. The van der Waals surface area contributed by atoms with Gasteiger partial charge in [-0.25, -0.2) is 0 Å². The van der Waals surface area contributed by atoms with Gasteiger partial charge < -0.3 is 24.8 Å². The molecular formula is C34H36N2O5. The van der Waals surface area contributed by atoms with Gasteiger partial charge in [0, 0.05) is 23.1 Å². The van der Waals surface area contributed by atoms with E-state index in [1.54, 1.807) is 36.4 Å². The molecule has 212 valence electrons. The minimum atomic E-state index is -0.358. The second-order valence-electron chi connectivity index (χ2n) is 9.88. The number of carbonyl (C=O) groups is 2. The molecule has 4 aromatic rings. The Bertz CT molecular complexity index is 1450. The zero-order valence-corrected chi connectivity index (χ0v) is 23.9. The molecule has 0 fully saturated rings. The molecule has 4 aromatic carbocycles. The van der Waals surface area contributed by atoms with E-state index in [4.69, 9.17) is 14.2 Å². The normalized spacial score (nSPS) is 10.9. The van der Waals surface area contributed by atoms with E-state index in [-0.39, 0.29) is 23.8 Å². The fourth-order valence-corrected chi connectivity index (χ4v) is 4.41. The third-order valence-corrected chi connectivity index (χ3v) is 6.68. The molecule has 0 aromatic heterocycles. The quantitative estimate of drug-likeness (QED) is 0.196. The average Bonchev–Trinajstić information content (AvgIpc) is 2.99. The summed E-state index contributed by atoms with van der Waals surface area (Å²) < 4.78 is 17.3. The minimum Gasteiger partial charge on any atom is -0.492 e. The van der Waals surface area contributed by atoms with E-state index in [0.29, 0.717) is 47.4 Å². The molecule has 0 heterocycles. The highest BCUT2D eigenvalue weighted by Crippen LogP contribution is 2.37. The van der Waals surface area contributed by atoms with Crippen molar-refractivity contribution in [3.63, 3.8) is 0 Å². The summed E-state index contributed by atoms with van der Waals surface area (Å²) in [6.45, 7) is 8.59. The largest absolute Gasteiger partial charge is 0.492 e. The van der Waals surface area contributed by atoms with Gasteiger partial charge in [0.1, 0.15) is 17.2 Å². The van der Waals surface area contributed by atoms with Crippen LogP contribution in [0.25, 0.3) is 0 Å². The third-order valence-electron chi connectivity index (χ3n) is 6.68. The zero-order chi connectivity index (χ0) is 29.2. The van der Waals surface area contributed by atoms with E-state index in [0.717, 1.165) is 5.56 Å². The predicted octanol–water partition coefficient (Wildman–Crippen LogP) is 7.08. The van der Waals surface area contributed by atoms with Crippen molar-refractivity contribution in [1.82, 2.24) is 0 Å². The number of hydrogen-bond acceptors (Lipinski definition) is 5. The lowest BCUT2D eigenvalue weighted by Gasteiger charge is -2.26. The Morgan fingerprint density at radius 2 is 1.17 bits per heavy atom. The zero-order valence-electron chi connectivity index (χ0n) is 23.9. The number of ether oxygens (including phenoxy) is 3. The summed E-state index contributed by atoms with van der Waals surface area (Å²) in [5.41, 5.74) is 3.57. The Hall–Kier alpha value is -4.78. The minimum absolute atomic E-state index is 0.169. The first-order valence-electron chi connectivity index (χ1n) is 13.7. The monoisotopic (exact) mass is 552 g/mol. The molecule has 0 aliphatic heterocycles. The molecule has 2 amide bonds. The first kappa shape index (κ1) is 29.2. The van der Waals surface area contributed by atoms with Crippen LogP contribution < -0.4 is 24.8 Å². The number of hydrogen-bond donors (Lipinski definition) is 2. The molecule has 0 unspecified atom stereocenters. The SMILES string of the molecule is CCOc1cc(NC(=O)c2ccccc2)c(OCC)cc1NC(=O)COc1ccc(C(C)(C)c2ccccc2)cc1. The van der Waals surface area contributed by atoms with Crippen LogP contribution in [0.1, 0.15) is 49.2 Å². The summed E-state index contributed by atoms with van der Waals surface area (Å²) in [7, 11) is 0. The van der Waals surface area contributed by atoms with E-state index in [1.165, 1.54) is 5.56 Å². The van der Waals surface area contributed by atoms with Gasteiger partial charge in [0.05, 0.1) is 24.6 Å². The molecule has 0 saturated carbocycles. The second kappa shape index (κ2) is 13.5. The average molecular weight is 553 g/mol. The molecule has 4 rings (SSSR count). The molecule has 7 heteroatoms. The van der Waals surface area contributed by atoms with E-state index in [2.05, 4.69) is 36.6 Å². The van der Waals surface area contributed by atoms with Crippen LogP contribution in [0.15, 0.2) is 97.1 Å². The van der Waals surface area contributed by atoms with Crippen LogP contribution >= 0.6 is 0 Å². The van der Waals surface area contributed by atoms with Gasteiger partial charge in [-0.05, 0) is 49.2 Å². The van der Waals surface area contributed by atoms with Gasteiger partial charge in [0.2, 0.25) is 0 Å². The summed E-state index contributed by atoms with van der Waals surface area (Å²) in [5.74, 6) is 0.764. The van der Waals surface area contributed by atoms with E-state index >= 15 is 0 Å². The van der Waals surface area contributed by atoms with Gasteiger partial charge in [0.25, 0.3) is 11.8 Å². The Kier molecular flexibility index (Phi) is 9.64. The predicted molar refractivity (Wildman–Crippen MR) is 162 cm³/mol. The van der Waals surface area contributed by atoms with Crippen molar-refractivity contribution in [3.8, 4) is 17.2 Å². The van der Waals surface area contributed by atoms with Crippen LogP contribution in [0, 0.1) is 0 Å². The lowest BCUT2D eigenvalue weighted by molar-refractivity contribution is -0.118. The summed E-state index contributed by atoms with van der Waals surface area (Å²) >= 11 is 0. The lowest BCUT2D eigenvalue weighted by Crippen LogP contribution is -2.21. The van der Waals surface area contributed by atoms with Crippen LogP contribution in [0.3, 0.4) is 0 Å². The van der Waals surface area contributed by atoms with Gasteiger partial charge in [0.15, 0.2) is 6.61 Å². The van der Waals surface area contributed by atoms with Crippen molar-refractivity contribution in [2.24, 2.45) is 0 Å². The summed E-state index contributed by atoms with van der Waals surface area (Å²) in [6.07, 6.45) is 0. The van der Waals surface area contributed by atoms with E-state index in [9.17, 15) is 9.59 Å². The fraction of sp³-hybridized carbons (Fsp3) is 0.235. The van der Waals surface area contributed by atoms with Crippen molar-refractivity contribution in [2.45, 2.75) is 33.1 Å². The first-order chi connectivity index (χ1) is 19.8. The van der Waals surface area contributed by atoms with Crippen molar-refractivity contribution in [2.75, 3.05) is 30.5 Å². The Labute approximate surface area is 241 Å². The number of amides is 2. The third kappa shape index (κ3) is 7.45. The van der Waals surface area contributed by atoms with Crippen LogP contribution in [-0.4, -0.2) is 31.6 Å². The topological polar surface area (TPSA) is 85.9 Å². The van der Waals surface area contributed by atoms with Gasteiger partial charge in [-0.1, -0.05) is 74.5 Å². The van der Waals surface area contributed by atoms with E-state index < -0.39 is 0 Å². The molecule has 0 bridgehead atoms. The number of nitrogens with one attached hydrogen (secondary N) is 2. The number of carbonyl (C=O) groups excluding carboxylic acids is 2. The standard InChI is InChI=1S/C34H36N2O5/c1-5-39-30-22-29(36-33(38)24-13-9-7-10-14-24)31(40-6-2)21-28(30)35-32(37)23-41-27-19-17-26(18-20-27)34(3,4)25-15-11-8-12-16-25/h7-22H,5-6,23H2,1-4H3,(H,35,37)(H,36,38). The fourth-order valence-electron chi connectivity index (χ4n) is 4.41. The lowest BCUT2D eigenvalue weighted by atomic mass is 9.78. The van der Waals surface area contributed by atoms with Gasteiger partial charge in [-0.15, -0.1) is 0 Å². The molecular weight excluding hydrogens is 516 g/mol. The molecule has 41 heavy (non-hydrogen) atoms. The van der Waals surface area contributed by atoms with Crippen molar-refractivity contribution < 1.29 is 23.8 Å². The highest BCUT2D eigenvalue weighted by molar-refractivity contribution is 6.05. The molecule has 0 saturated heterocycles. The van der Waals surface area contributed by atoms with Crippen molar-refractivity contribution in [1.29, 1.82) is 0 Å². The Morgan fingerprint density at radius 1 is 0.659 bits per heavy atom. The van der Waals surface area contributed by atoms with Crippen molar-refractivity contribution in [3.05, 3.63) is 114 Å². The second-order valence-corrected chi connectivity index (χ2v) is 9.88. The molecule has 0 aliphatic carbocycles. The van der Waals surface area contributed by atoms with E-state index in [1.807, 2.05) is 62.4 Å². The van der Waals surface area contributed by atoms with Crippen molar-refractivity contribution >= 4 is 23.2 Å². The van der Waals surface area contributed by atoms with Crippen LogP contribution in [-0.2, 0) is 10.2 Å². The summed E-state index contributed by atoms with van der Waals surface area (Å²) in [5, 5.41) is 5.73. The number of anilines is 2. The number of rotatable bonds is 12. The summed E-state index contributed by atoms with van der Waals surface area (Å²) in [6, 6.07) is 30.3. The van der Waals surface area contributed by atoms with Gasteiger partial charge in [-0.2, -0.15) is 0 Å². The highest BCUT2D eigenvalue weighted by atomic mass is 16.5. The first-order valence-corrected chi connectivity index (χ1v) is 13.7. The summed E-state index contributed by atoms with van der Waals surface area (Å²) in [4.78, 5) is 25.6. The molecule has 0 radical (unpaired) electrons. The van der Waals surface area contributed by atoms with Gasteiger partial charge in [-0.3, -0.25) is 9.59 Å². The molecule has 2 N–H and O–H groups in total. The van der Waals surface area contributed by atoms with Crippen LogP contribution in [0.5, 0.6) is 17.2 Å². The maximum atomic E-state index is 12.9.